The van der Waals surface area contributed by atoms with E-state index >= 15 is 0 Å². The van der Waals surface area contributed by atoms with Gasteiger partial charge in [-0.1, -0.05) is 35.9 Å². The molecule has 0 bridgehead atoms. The highest BCUT2D eigenvalue weighted by Crippen LogP contribution is 2.29. The minimum atomic E-state index is -3.94. The van der Waals surface area contributed by atoms with E-state index < -0.39 is 15.9 Å². The second kappa shape index (κ2) is 8.94. The Bertz CT molecular complexity index is 928. The molecule has 0 radical (unpaired) electrons. The average molecular weight is 423 g/mol. The zero-order valence-electron chi connectivity index (χ0n) is 15.6. The SMILES string of the molecule is Cc1ccc(Cl)cc1N(CC(=O)NCC1CCCO1)S(=O)(=O)c1ccccc1. The lowest BCUT2D eigenvalue weighted by atomic mass is 10.2. The number of amides is 1. The second-order valence-electron chi connectivity index (χ2n) is 6.69. The van der Waals surface area contributed by atoms with E-state index in [1.807, 2.05) is 0 Å². The lowest BCUT2D eigenvalue weighted by Crippen LogP contribution is -2.43. The van der Waals surface area contributed by atoms with Gasteiger partial charge in [0, 0.05) is 18.2 Å². The van der Waals surface area contributed by atoms with E-state index in [4.69, 9.17) is 16.3 Å². The molecule has 1 unspecified atom stereocenters. The van der Waals surface area contributed by atoms with Crippen LogP contribution in [0.15, 0.2) is 53.4 Å². The normalized spacial score (nSPS) is 16.7. The fourth-order valence-electron chi connectivity index (χ4n) is 3.09. The molecule has 0 saturated carbocycles. The Hall–Kier alpha value is -2.09. The molecule has 0 aromatic heterocycles. The molecule has 2 aromatic rings. The molecule has 1 amide bonds. The number of ether oxygens (including phenoxy) is 1. The fourth-order valence-corrected chi connectivity index (χ4v) is 4.75. The Morgan fingerprint density at radius 3 is 2.68 bits per heavy atom. The predicted molar refractivity (Wildman–Crippen MR) is 109 cm³/mol. The number of anilines is 1. The standard InChI is InChI=1S/C20H23ClN2O4S/c1-15-9-10-16(21)12-19(15)23(28(25,26)18-7-3-2-4-8-18)14-20(24)22-13-17-6-5-11-27-17/h2-4,7-10,12,17H,5-6,11,13-14H2,1H3,(H,22,24). The molecule has 1 saturated heterocycles. The summed E-state index contributed by atoms with van der Waals surface area (Å²) in [7, 11) is -3.94. The third kappa shape index (κ3) is 4.84. The van der Waals surface area contributed by atoms with Crippen LogP contribution in [0.1, 0.15) is 18.4 Å². The van der Waals surface area contributed by atoms with E-state index in [1.54, 1.807) is 43.3 Å². The number of nitrogens with one attached hydrogen (secondary N) is 1. The molecule has 1 aliphatic heterocycles. The van der Waals surface area contributed by atoms with Gasteiger partial charge in [0.2, 0.25) is 5.91 Å². The summed E-state index contributed by atoms with van der Waals surface area (Å²) in [5.41, 5.74) is 1.08. The van der Waals surface area contributed by atoms with Crippen molar-refractivity contribution in [2.45, 2.75) is 30.8 Å². The first kappa shape index (κ1) is 20.6. The van der Waals surface area contributed by atoms with E-state index in [2.05, 4.69) is 5.32 Å². The summed E-state index contributed by atoms with van der Waals surface area (Å²) < 4.78 is 33.1. The molecule has 1 N–H and O–H groups in total. The number of nitrogens with zero attached hydrogens (tertiary/aromatic N) is 1. The number of halogens is 1. The topological polar surface area (TPSA) is 75.7 Å². The number of carbonyl (C=O) groups is 1. The Morgan fingerprint density at radius 1 is 1.25 bits per heavy atom. The number of benzene rings is 2. The van der Waals surface area contributed by atoms with Crippen LogP contribution < -0.4 is 9.62 Å². The largest absolute Gasteiger partial charge is 0.376 e. The van der Waals surface area contributed by atoms with E-state index in [9.17, 15) is 13.2 Å². The van der Waals surface area contributed by atoms with Crippen LogP contribution in [0.25, 0.3) is 0 Å². The molecular weight excluding hydrogens is 400 g/mol. The van der Waals surface area contributed by atoms with Gasteiger partial charge in [-0.05, 0) is 49.6 Å². The van der Waals surface area contributed by atoms with Crippen molar-refractivity contribution in [2.75, 3.05) is 24.0 Å². The highest BCUT2D eigenvalue weighted by Gasteiger charge is 2.28. The van der Waals surface area contributed by atoms with Crippen LogP contribution in [0.4, 0.5) is 5.69 Å². The Balaban J connectivity index is 1.88. The van der Waals surface area contributed by atoms with Gasteiger partial charge in [0.1, 0.15) is 6.54 Å². The first-order chi connectivity index (χ1) is 13.4. The summed E-state index contributed by atoms with van der Waals surface area (Å²) in [5, 5.41) is 3.18. The lowest BCUT2D eigenvalue weighted by Gasteiger charge is -2.26. The van der Waals surface area contributed by atoms with Crippen molar-refractivity contribution in [1.29, 1.82) is 0 Å². The molecule has 0 spiro atoms. The van der Waals surface area contributed by atoms with Crippen molar-refractivity contribution in [3.8, 4) is 0 Å². The van der Waals surface area contributed by atoms with E-state index in [0.29, 0.717) is 29.4 Å². The Labute approximate surface area is 170 Å². The maximum Gasteiger partial charge on any atom is 0.264 e. The van der Waals surface area contributed by atoms with Gasteiger partial charge in [0.15, 0.2) is 0 Å². The molecular formula is C20H23ClN2O4S. The maximum absolute atomic E-state index is 13.3. The smallest absolute Gasteiger partial charge is 0.264 e. The first-order valence-corrected chi connectivity index (χ1v) is 10.9. The van der Waals surface area contributed by atoms with E-state index in [-0.39, 0.29) is 17.5 Å². The van der Waals surface area contributed by atoms with Crippen molar-refractivity contribution in [3.63, 3.8) is 0 Å². The molecule has 0 aliphatic carbocycles. The van der Waals surface area contributed by atoms with Gasteiger partial charge in [0.25, 0.3) is 10.0 Å². The van der Waals surface area contributed by atoms with Crippen LogP contribution in [-0.4, -0.2) is 40.1 Å². The van der Waals surface area contributed by atoms with Crippen molar-refractivity contribution in [1.82, 2.24) is 5.32 Å². The van der Waals surface area contributed by atoms with Gasteiger partial charge < -0.3 is 10.1 Å². The van der Waals surface area contributed by atoms with Crippen molar-refractivity contribution in [2.24, 2.45) is 0 Å². The summed E-state index contributed by atoms with van der Waals surface area (Å²) in [6, 6.07) is 13.0. The van der Waals surface area contributed by atoms with Crippen LogP contribution in [0.3, 0.4) is 0 Å². The van der Waals surface area contributed by atoms with Crippen LogP contribution in [0.5, 0.6) is 0 Å². The number of hydrogen-bond donors (Lipinski definition) is 1. The molecule has 150 valence electrons. The van der Waals surface area contributed by atoms with E-state index in [0.717, 1.165) is 17.1 Å². The molecule has 2 aromatic carbocycles. The third-order valence-electron chi connectivity index (χ3n) is 4.61. The van der Waals surface area contributed by atoms with Gasteiger partial charge in [-0.15, -0.1) is 0 Å². The van der Waals surface area contributed by atoms with Crippen LogP contribution >= 0.6 is 11.6 Å². The monoisotopic (exact) mass is 422 g/mol. The highest BCUT2D eigenvalue weighted by atomic mass is 35.5. The molecule has 3 rings (SSSR count). The maximum atomic E-state index is 13.3. The first-order valence-electron chi connectivity index (χ1n) is 9.10. The van der Waals surface area contributed by atoms with Gasteiger partial charge >= 0.3 is 0 Å². The molecule has 8 heteroatoms. The number of hydrogen-bond acceptors (Lipinski definition) is 4. The lowest BCUT2D eigenvalue weighted by molar-refractivity contribution is -0.120. The predicted octanol–water partition coefficient (Wildman–Crippen LogP) is 3.14. The quantitative estimate of drug-likeness (QED) is 0.743. The van der Waals surface area contributed by atoms with Crippen LogP contribution in [0.2, 0.25) is 5.02 Å². The molecule has 6 nitrogen and oxygen atoms in total. The Morgan fingerprint density at radius 2 is 2.00 bits per heavy atom. The number of aryl methyl sites for hydroxylation is 1. The van der Waals surface area contributed by atoms with Gasteiger partial charge in [0.05, 0.1) is 16.7 Å². The highest BCUT2D eigenvalue weighted by molar-refractivity contribution is 7.92. The minimum Gasteiger partial charge on any atom is -0.376 e. The molecule has 1 heterocycles. The van der Waals surface area contributed by atoms with Crippen LogP contribution in [-0.2, 0) is 19.6 Å². The molecule has 1 atom stereocenters. The number of rotatable bonds is 7. The molecule has 1 aliphatic rings. The molecule has 1 fully saturated rings. The summed E-state index contributed by atoms with van der Waals surface area (Å²) in [6.45, 7) is 2.50. The van der Waals surface area contributed by atoms with E-state index in [1.165, 1.54) is 12.1 Å². The summed E-state index contributed by atoms with van der Waals surface area (Å²) >= 11 is 6.10. The van der Waals surface area contributed by atoms with Crippen molar-refractivity contribution >= 4 is 33.2 Å². The number of carbonyl (C=O) groups excluding carboxylic acids is 1. The minimum absolute atomic E-state index is 0.0176. The summed E-state index contributed by atoms with van der Waals surface area (Å²) in [4.78, 5) is 12.7. The Kier molecular flexibility index (Phi) is 6.59. The average Bonchev–Trinajstić information content (AvgIpc) is 3.21. The summed E-state index contributed by atoms with van der Waals surface area (Å²) in [5.74, 6) is -0.394. The van der Waals surface area contributed by atoms with Crippen molar-refractivity contribution in [3.05, 3.63) is 59.1 Å². The third-order valence-corrected chi connectivity index (χ3v) is 6.62. The zero-order valence-corrected chi connectivity index (χ0v) is 17.2. The zero-order chi connectivity index (χ0) is 20.1. The van der Waals surface area contributed by atoms with Gasteiger partial charge in [-0.3, -0.25) is 9.10 Å². The van der Waals surface area contributed by atoms with Crippen molar-refractivity contribution < 1.29 is 17.9 Å². The van der Waals surface area contributed by atoms with Gasteiger partial charge in [-0.25, -0.2) is 8.42 Å². The fraction of sp³-hybridized carbons (Fsp3) is 0.350. The van der Waals surface area contributed by atoms with Crippen LogP contribution in [0, 0.1) is 6.92 Å². The molecule has 28 heavy (non-hydrogen) atoms. The summed E-state index contributed by atoms with van der Waals surface area (Å²) in [6.07, 6.45) is 1.84. The van der Waals surface area contributed by atoms with Gasteiger partial charge in [-0.2, -0.15) is 0 Å². The second-order valence-corrected chi connectivity index (χ2v) is 8.99. The number of sulfonamides is 1.